The van der Waals surface area contributed by atoms with Gasteiger partial charge in [0.15, 0.2) is 0 Å². The third-order valence-electron chi connectivity index (χ3n) is 2.15. The zero-order valence-corrected chi connectivity index (χ0v) is 9.18. The Morgan fingerprint density at radius 1 is 1.57 bits per heavy atom. The van der Waals surface area contributed by atoms with Gasteiger partial charge in [-0.05, 0) is 0 Å². The molecule has 0 radical (unpaired) electrons. The molecular formula is C7H9ClN4OS. The maximum Gasteiger partial charge on any atom is 0.320 e. The van der Waals surface area contributed by atoms with Crippen molar-refractivity contribution in [3.63, 3.8) is 0 Å². The number of rotatable bonds is 2. The summed E-state index contributed by atoms with van der Waals surface area (Å²) in [4.78, 5) is 14.9. The van der Waals surface area contributed by atoms with Gasteiger partial charge in [-0.3, -0.25) is 0 Å². The molecular weight excluding hydrogens is 224 g/mol. The Labute approximate surface area is 90.4 Å². The number of amides is 2. The molecule has 2 rings (SSSR count). The monoisotopic (exact) mass is 232 g/mol. The molecule has 1 aromatic rings. The Bertz CT molecular complexity index is 355. The third kappa shape index (κ3) is 1.67. The van der Waals surface area contributed by atoms with E-state index in [0.29, 0.717) is 16.6 Å². The van der Waals surface area contributed by atoms with E-state index in [-0.39, 0.29) is 6.03 Å². The van der Waals surface area contributed by atoms with E-state index in [1.54, 1.807) is 16.8 Å². The molecule has 0 N–H and O–H groups in total. The van der Waals surface area contributed by atoms with Crippen LogP contribution in [0.25, 0.3) is 0 Å². The summed E-state index contributed by atoms with van der Waals surface area (Å²) in [5.74, 6) is 0. The molecule has 1 aliphatic rings. The fourth-order valence-electron chi connectivity index (χ4n) is 1.32. The van der Waals surface area contributed by atoms with Gasteiger partial charge in [0.25, 0.3) is 0 Å². The molecule has 0 bridgehead atoms. The van der Waals surface area contributed by atoms with Gasteiger partial charge in [0.1, 0.15) is 10.0 Å². The highest BCUT2D eigenvalue weighted by Gasteiger charge is 2.26. The number of likely N-dealkylation sites (N-methyl/N-ethyl adjacent to an activating group) is 1. The van der Waals surface area contributed by atoms with Crippen molar-refractivity contribution in [3.05, 3.63) is 10.0 Å². The van der Waals surface area contributed by atoms with Crippen LogP contribution >= 0.6 is 23.1 Å². The first-order valence-corrected chi connectivity index (χ1v) is 5.30. The summed E-state index contributed by atoms with van der Waals surface area (Å²) in [6, 6.07) is 0.0223. The smallest absolute Gasteiger partial charge is 0.320 e. The average Bonchev–Trinajstić information content (AvgIpc) is 2.68. The van der Waals surface area contributed by atoms with Gasteiger partial charge in [-0.25, -0.2) is 4.79 Å². The number of nitrogens with zero attached hydrogens (tertiary/aromatic N) is 4. The molecule has 1 saturated heterocycles. The van der Waals surface area contributed by atoms with Crippen LogP contribution in [-0.4, -0.2) is 45.6 Å². The Morgan fingerprint density at radius 2 is 2.36 bits per heavy atom. The number of hydrogen-bond acceptors (Lipinski definition) is 4. The Kier molecular flexibility index (Phi) is 2.56. The second kappa shape index (κ2) is 3.70. The highest BCUT2D eigenvalue weighted by Crippen LogP contribution is 2.20. The number of halogens is 1. The summed E-state index contributed by atoms with van der Waals surface area (Å²) in [5.41, 5.74) is 0.681. The van der Waals surface area contributed by atoms with Crippen LogP contribution in [0, 0.1) is 0 Å². The van der Waals surface area contributed by atoms with Gasteiger partial charge in [0, 0.05) is 31.7 Å². The lowest BCUT2D eigenvalue weighted by atomic mass is 10.4. The van der Waals surface area contributed by atoms with E-state index >= 15 is 0 Å². The molecule has 0 unspecified atom stereocenters. The molecule has 0 atom stereocenters. The molecule has 1 fully saturated rings. The SMILES string of the molecule is CN1CCN(Cc2nnsc2Cl)C1=O. The number of urea groups is 1. The fourth-order valence-corrected chi connectivity index (χ4v) is 1.93. The topological polar surface area (TPSA) is 49.3 Å². The summed E-state index contributed by atoms with van der Waals surface area (Å²) in [7, 11) is 1.78. The first kappa shape index (κ1) is 9.67. The van der Waals surface area contributed by atoms with Gasteiger partial charge in [0.2, 0.25) is 0 Å². The first-order valence-electron chi connectivity index (χ1n) is 4.15. The van der Waals surface area contributed by atoms with Crippen LogP contribution in [0.1, 0.15) is 5.69 Å². The van der Waals surface area contributed by atoms with Gasteiger partial charge in [-0.2, -0.15) is 0 Å². The van der Waals surface area contributed by atoms with Crippen LogP contribution < -0.4 is 0 Å². The van der Waals surface area contributed by atoms with Crippen molar-refractivity contribution in [3.8, 4) is 0 Å². The van der Waals surface area contributed by atoms with Crippen molar-refractivity contribution >= 4 is 29.2 Å². The zero-order chi connectivity index (χ0) is 10.1. The summed E-state index contributed by atoms with van der Waals surface area (Å²) in [6.45, 7) is 1.94. The van der Waals surface area contributed by atoms with Gasteiger partial charge in [0.05, 0.1) is 6.54 Å². The van der Waals surface area contributed by atoms with E-state index in [1.807, 2.05) is 0 Å². The first-order chi connectivity index (χ1) is 6.68. The van der Waals surface area contributed by atoms with E-state index in [0.717, 1.165) is 24.6 Å². The zero-order valence-electron chi connectivity index (χ0n) is 7.60. The van der Waals surface area contributed by atoms with Crippen LogP contribution in [0.3, 0.4) is 0 Å². The molecule has 76 valence electrons. The quantitative estimate of drug-likeness (QED) is 0.766. The minimum atomic E-state index is 0.0223. The number of aromatic nitrogens is 2. The summed E-state index contributed by atoms with van der Waals surface area (Å²) in [6.07, 6.45) is 0. The van der Waals surface area contributed by atoms with Crippen molar-refractivity contribution in [2.75, 3.05) is 20.1 Å². The van der Waals surface area contributed by atoms with Crippen LogP contribution in [0.2, 0.25) is 4.34 Å². The maximum absolute atomic E-state index is 11.5. The highest BCUT2D eigenvalue weighted by atomic mass is 35.5. The normalized spacial score (nSPS) is 16.9. The van der Waals surface area contributed by atoms with Crippen LogP contribution in [-0.2, 0) is 6.54 Å². The lowest BCUT2D eigenvalue weighted by molar-refractivity contribution is 0.196. The number of carbonyl (C=O) groups excluding carboxylic acids is 1. The Balaban J connectivity index is 2.06. The summed E-state index contributed by atoms with van der Waals surface area (Å²) < 4.78 is 4.28. The van der Waals surface area contributed by atoms with Gasteiger partial charge < -0.3 is 9.80 Å². The van der Waals surface area contributed by atoms with Crippen LogP contribution in [0.4, 0.5) is 4.79 Å². The summed E-state index contributed by atoms with van der Waals surface area (Å²) in [5, 5.41) is 3.86. The minimum absolute atomic E-state index is 0.0223. The molecule has 0 saturated carbocycles. The van der Waals surface area contributed by atoms with E-state index < -0.39 is 0 Å². The lowest BCUT2D eigenvalue weighted by Crippen LogP contribution is -2.29. The molecule has 7 heteroatoms. The molecule has 0 aliphatic carbocycles. The van der Waals surface area contributed by atoms with E-state index in [9.17, 15) is 4.79 Å². The van der Waals surface area contributed by atoms with Crippen molar-refractivity contribution in [2.45, 2.75) is 6.54 Å². The van der Waals surface area contributed by atoms with E-state index in [2.05, 4.69) is 9.59 Å². The molecule has 1 aliphatic heterocycles. The molecule has 14 heavy (non-hydrogen) atoms. The molecule has 1 aromatic heterocycles. The van der Waals surface area contributed by atoms with Crippen LogP contribution in [0.15, 0.2) is 0 Å². The maximum atomic E-state index is 11.5. The molecule has 0 aromatic carbocycles. The van der Waals surface area contributed by atoms with Crippen molar-refractivity contribution in [1.82, 2.24) is 19.4 Å². The predicted octanol–water partition coefficient (Wildman–Crippen LogP) is 1.06. The average molecular weight is 233 g/mol. The lowest BCUT2D eigenvalue weighted by Gasteiger charge is -2.13. The number of hydrogen-bond donors (Lipinski definition) is 0. The second-order valence-corrected chi connectivity index (χ2v) is 4.48. The van der Waals surface area contributed by atoms with Crippen molar-refractivity contribution in [2.24, 2.45) is 0 Å². The molecule has 2 heterocycles. The van der Waals surface area contributed by atoms with E-state index in [4.69, 9.17) is 11.6 Å². The van der Waals surface area contributed by atoms with Crippen molar-refractivity contribution < 1.29 is 4.79 Å². The number of carbonyl (C=O) groups is 1. The van der Waals surface area contributed by atoms with Crippen LogP contribution in [0.5, 0.6) is 0 Å². The van der Waals surface area contributed by atoms with E-state index in [1.165, 1.54) is 0 Å². The minimum Gasteiger partial charge on any atom is -0.326 e. The highest BCUT2D eigenvalue weighted by molar-refractivity contribution is 7.10. The Hall–Kier alpha value is -0.880. The van der Waals surface area contributed by atoms with Gasteiger partial charge in [-0.1, -0.05) is 16.1 Å². The molecule has 2 amide bonds. The standard InChI is InChI=1S/C7H9ClN4OS/c1-11-2-3-12(7(11)13)4-5-6(8)14-10-9-5/h2-4H2,1H3. The Morgan fingerprint density at radius 3 is 2.86 bits per heavy atom. The molecule has 5 nitrogen and oxygen atoms in total. The van der Waals surface area contributed by atoms with Gasteiger partial charge in [-0.15, -0.1) is 5.10 Å². The second-order valence-electron chi connectivity index (χ2n) is 3.12. The fraction of sp³-hybridized carbons (Fsp3) is 0.571. The van der Waals surface area contributed by atoms with Gasteiger partial charge >= 0.3 is 6.03 Å². The summed E-state index contributed by atoms with van der Waals surface area (Å²) >= 11 is 6.99. The molecule has 0 spiro atoms. The third-order valence-corrected chi connectivity index (χ3v) is 3.14. The predicted molar refractivity (Wildman–Crippen MR) is 53.4 cm³/mol. The van der Waals surface area contributed by atoms with Crippen molar-refractivity contribution in [1.29, 1.82) is 0 Å². The largest absolute Gasteiger partial charge is 0.326 e.